The monoisotopic (exact) mass is 255 g/mol. The number of nitrogens with zero attached hydrogens (tertiary/aromatic N) is 2. The van der Waals surface area contributed by atoms with Crippen molar-refractivity contribution in [1.29, 1.82) is 0 Å². The van der Waals surface area contributed by atoms with Crippen LogP contribution in [0.4, 0.5) is 0 Å². The van der Waals surface area contributed by atoms with Gasteiger partial charge in [-0.3, -0.25) is 9.80 Å². The van der Waals surface area contributed by atoms with E-state index in [4.69, 9.17) is 0 Å². The lowest BCUT2D eigenvalue weighted by molar-refractivity contribution is 0.0645. The Morgan fingerprint density at radius 1 is 0.889 bits per heavy atom. The van der Waals surface area contributed by atoms with E-state index in [1.807, 2.05) is 0 Å². The van der Waals surface area contributed by atoms with Crippen molar-refractivity contribution in [3.8, 4) is 0 Å². The minimum atomic E-state index is 0.644. The Balaban J connectivity index is 2.41. The molecule has 0 aliphatic carbocycles. The number of nitrogens with one attached hydrogen (secondary N) is 1. The molecule has 1 aliphatic rings. The van der Waals surface area contributed by atoms with Crippen LogP contribution < -0.4 is 5.32 Å². The number of hydrogen-bond acceptors (Lipinski definition) is 3. The highest BCUT2D eigenvalue weighted by molar-refractivity contribution is 4.84. The second-order valence-electron chi connectivity index (χ2n) is 5.64. The van der Waals surface area contributed by atoms with Gasteiger partial charge in [-0.2, -0.15) is 0 Å². The zero-order chi connectivity index (χ0) is 13.5. The Labute approximate surface area is 114 Å². The molecule has 3 heteroatoms. The van der Waals surface area contributed by atoms with Gasteiger partial charge in [-0.25, -0.2) is 0 Å². The molecule has 3 nitrogen and oxygen atoms in total. The van der Waals surface area contributed by atoms with Crippen LogP contribution in [0.1, 0.15) is 47.5 Å². The fourth-order valence-corrected chi connectivity index (χ4v) is 3.02. The molecule has 1 N–H and O–H groups in total. The molecule has 0 radical (unpaired) electrons. The molecule has 0 spiro atoms. The maximum Gasteiger partial charge on any atom is 0.0222 e. The van der Waals surface area contributed by atoms with Gasteiger partial charge in [0.25, 0.3) is 0 Å². The molecule has 0 aromatic carbocycles. The molecule has 0 saturated carbocycles. The van der Waals surface area contributed by atoms with Crippen LogP contribution in [0.2, 0.25) is 0 Å². The van der Waals surface area contributed by atoms with Crippen molar-refractivity contribution in [2.75, 3.05) is 32.7 Å². The Hall–Kier alpha value is -0.120. The van der Waals surface area contributed by atoms with Crippen molar-refractivity contribution in [2.45, 2.75) is 65.6 Å². The summed E-state index contributed by atoms with van der Waals surface area (Å²) in [6.07, 6.45) is 2.49. The van der Waals surface area contributed by atoms with Crippen molar-refractivity contribution in [3.63, 3.8) is 0 Å². The summed E-state index contributed by atoms with van der Waals surface area (Å²) in [6.45, 7) is 17.5. The summed E-state index contributed by atoms with van der Waals surface area (Å²) in [5, 5.41) is 3.62. The number of hydrogen-bond donors (Lipinski definition) is 1. The van der Waals surface area contributed by atoms with Crippen LogP contribution in [-0.2, 0) is 0 Å². The van der Waals surface area contributed by atoms with Gasteiger partial charge in [0.2, 0.25) is 0 Å². The molecule has 108 valence electrons. The van der Waals surface area contributed by atoms with E-state index in [1.54, 1.807) is 0 Å². The molecule has 18 heavy (non-hydrogen) atoms. The predicted octanol–water partition coefficient (Wildman–Crippen LogP) is 2.18. The third-order valence-electron chi connectivity index (χ3n) is 4.63. The second-order valence-corrected chi connectivity index (χ2v) is 5.64. The Morgan fingerprint density at radius 3 is 1.89 bits per heavy atom. The standard InChI is InChI=1S/C15H33N3/c1-6-13(4)17-9-11-18(12-10-17)14(5)15(7-2)16-8-3/h13-16H,6-12H2,1-5H3. The van der Waals surface area contributed by atoms with Gasteiger partial charge in [-0.15, -0.1) is 0 Å². The van der Waals surface area contributed by atoms with E-state index in [0.29, 0.717) is 12.1 Å². The minimum Gasteiger partial charge on any atom is -0.313 e. The third kappa shape index (κ3) is 4.22. The van der Waals surface area contributed by atoms with E-state index < -0.39 is 0 Å². The van der Waals surface area contributed by atoms with Gasteiger partial charge in [0.05, 0.1) is 0 Å². The van der Waals surface area contributed by atoms with E-state index >= 15 is 0 Å². The fraction of sp³-hybridized carbons (Fsp3) is 1.00. The third-order valence-corrected chi connectivity index (χ3v) is 4.63. The van der Waals surface area contributed by atoms with Crippen molar-refractivity contribution in [3.05, 3.63) is 0 Å². The van der Waals surface area contributed by atoms with Crippen molar-refractivity contribution < 1.29 is 0 Å². The molecule has 0 aromatic rings. The van der Waals surface area contributed by atoms with Crippen molar-refractivity contribution in [1.82, 2.24) is 15.1 Å². The summed E-state index contributed by atoms with van der Waals surface area (Å²) < 4.78 is 0. The molecule has 3 unspecified atom stereocenters. The number of piperazine rings is 1. The summed E-state index contributed by atoms with van der Waals surface area (Å²) in [5.41, 5.74) is 0. The average molecular weight is 255 g/mol. The van der Waals surface area contributed by atoms with Gasteiger partial charge in [-0.1, -0.05) is 20.8 Å². The quantitative estimate of drug-likeness (QED) is 0.752. The van der Waals surface area contributed by atoms with Crippen LogP contribution in [0.5, 0.6) is 0 Å². The van der Waals surface area contributed by atoms with E-state index in [0.717, 1.165) is 12.6 Å². The molecule has 0 amide bonds. The van der Waals surface area contributed by atoms with Crippen LogP contribution >= 0.6 is 0 Å². The van der Waals surface area contributed by atoms with Crippen LogP contribution in [-0.4, -0.2) is 60.6 Å². The molecular formula is C15H33N3. The topological polar surface area (TPSA) is 18.5 Å². The van der Waals surface area contributed by atoms with Crippen LogP contribution in [0.25, 0.3) is 0 Å². The first-order valence-corrected chi connectivity index (χ1v) is 7.85. The molecule has 1 aliphatic heterocycles. The molecule has 1 fully saturated rings. The second kappa shape index (κ2) is 8.13. The average Bonchev–Trinajstić information content (AvgIpc) is 2.43. The molecule has 3 atom stereocenters. The lowest BCUT2D eigenvalue weighted by atomic mass is 10.0. The van der Waals surface area contributed by atoms with E-state index in [1.165, 1.54) is 39.0 Å². The number of likely N-dealkylation sites (N-methyl/N-ethyl adjacent to an activating group) is 1. The van der Waals surface area contributed by atoms with Gasteiger partial charge < -0.3 is 5.32 Å². The first kappa shape index (κ1) is 15.9. The maximum absolute atomic E-state index is 3.62. The highest BCUT2D eigenvalue weighted by Gasteiger charge is 2.26. The Morgan fingerprint density at radius 2 is 1.44 bits per heavy atom. The summed E-state index contributed by atoms with van der Waals surface area (Å²) in [5.74, 6) is 0. The van der Waals surface area contributed by atoms with Gasteiger partial charge in [0.1, 0.15) is 0 Å². The normalized spacial score (nSPS) is 23.8. The highest BCUT2D eigenvalue weighted by Crippen LogP contribution is 2.14. The zero-order valence-electron chi connectivity index (χ0n) is 13.1. The van der Waals surface area contributed by atoms with Gasteiger partial charge in [0, 0.05) is 44.3 Å². The van der Waals surface area contributed by atoms with Crippen LogP contribution in [0.15, 0.2) is 0 Å². The fourth-order valence-electron chi connectivity index (χ4n) is 3.02. The molecule has 0 bridgehead atoms. The van der Waals surface area contributed by atoms with E-state index in [2.05, 4.69) is 49.7 Å². The Kier molecular flexibility index (Phi) is 7.20. The summed E-state index contributed by atoms with van der Waals surface area (Å²) in [6, 6.07) is 2.05. The summed E-state index contributed by atoms with van der Waals surface area (Å²) in [7, 11) is 0. The molecule has 1 heterocycles. The van der Waals surface area contributed by atoms with Crippen LogP contribution in [0, 0.1) is 0 Å². The van der Waals surface area contributed by atoms with E-state index in [-0.39, 0.29) is 0 Å². The van der Waals surface area contributed by atoms with Gasteiger partial charge in [-0.05, 0) is 33.2 Å². The summed E-state index contributed by atoms with van der Waals surface area (Å²) >= 11 is 0. The zero-order valence-corrected chi connectivity index (χ0v) is 13.1. The van der Waals surface area contributed by atoms with Gasteiger partial charge >= 0.3 is 0 Å². The maximum atomic E-state index is 3.62. The number of rotatable bonds is 7. The molecule has 1 saturated heterocycles. The predicted molar refractivity (Wildman–Crippen MR) is 80.1 cm³/mol. The first-order valence-electron chi connectivity index (χ1n) is 7.85. The SMILES string of the molecule is CCNC(CC)C(C)N1CCN(C(C)CC)CC1. The largest absolute Gasteiger partial charge is 0.313 e. The molecular weight excluding hydrogens is 222 g/mol. The lowest BCUT2D eigenvalue weighted by Crippen LogP contribution is -2.56. The molecule has 0 aromatic heterocycles. The Bertz CT molecular complexity index is 212. The van der Waals surface area contributed by atoms with Crippen molar-refractivity contribution >= 4 is 0 Å². The van der Waals surface area contributed by atoms with Crippen LogP contribution in [0.3, 0.4) is 0 Å². The van der Waals surface area contributed by atoms with Gasteiger partial charge in [0.15, 0.2) is 0 Å². The first-order chi connectivity index (χ1) is 8.63. The smallest absolute Gasteiger partial charge is 0.0222 e. The molecule has 1 rings (SSSR count). The van der Waals surface area contributed by atoms with E-state index in [9.17, 15) is 0 Å². The minimum absolute atomic E-state index is 0.644. The van der Waals surface area contributed by atoms with Crippen molar-refractivity contribution in [2.24, 2.45) is 0 Å². The lowest BCUT2D eigenvalue weighted by Gasteiger charge is -2.42. The summed E-state index contributed by atoms with van der Waals surface area (Å²) in [4.78, 5) is 5.30. The highest BCUT2D eigenvalue weighted by atomic mass is 15.3.